The predicted octanol–water partition coefficient (Wildman–Crippen LogP) is 26.8. The van der Waals surface area contributed by atoms with Gasteiger partial charge in [-0.15, -0.1) is 22.7 Å². The van der Waals surface area contributed by atoms with Gasteiger partial charge < -0.3 is 4.90 Å². The van der Waals surface area contributed by atoms with Crippen LogP contribution in [0.15, 0.2) is 157 Å². The SMILES string of the molecule is CCCCCCCCc1cc(CCCCCCCC)cc(-c2csc3c2ccc2c3ccc3c(-c4cc(CCCCCCCC)cc(CCCCCCCC)c4)c(-c4ccc(N(c5ccc(C)cc5)c5ccc6ccccc6c5)cc4)sc32)c1. The van der Waals surface area contributed by atoms with Crippen LogP contribution in [0.3, 0.4) is 0 Å². The summed E-state index contributed by atoms with van der Waals surface area (Å²) in [5.41, 5.74) is 17.7. The summed E-state index contributed by atoms with van der Waals surface area (Å²) in [5, 5.41) is 10.5. The molecule has 0 amide bonds. The van der Waals surface area contributed by atoms with Crippen molar-refractivity contribution in [1.29, 1.82) is 0 Å². The molecule has 0 unspecified atom stereocenters. The molecule has 10 rings (SSSR count). The molecule has 0 aliphatic rings. The third-order valence-electron chi connectivity index (χ3n) is 18.0. The fourth-order valence-electron chi connectivity index (χ4n) is 13.2. The van der Waals surface area contributed by atoms with Crippen LogP contribution in [0.4, 0.5) is 17.1 Å². The van der Waals surface area contributed by atoms with E-state index in [0.29, 0.717) is 0 Å². The number of thiophene rings is 2. The minimum atomic E-state index is 1.14. The topological polar surface area (TPSA) is 3.24 Å². The van der Waals surface area contributed by atoms with Gasteiger partial charge in [-0.1, -0.05) is 277 Å². The van der Waals surface area contributed by atoms with Crippen LogP contribution in [-0.2, 0) is 25.7 Å². The fourth-order valence-corrected chi connectivity index (χ4v) is 15.7. The molecule has 0 N–H and O–H groups in total. The summed E-state index contributed by atoms with van der Waals surface area (Å²) >= 11 is 3.97. The van der Waals surface area contributed by atoms with Gasteiger partial charge in [-0.25, -0.2) is 0 Å². The number of aryl methyl sites for hydroxylation is 5. The van der Waals surface area contributed by atoms with E-state index >= 15 is 0 Å². The molecule has 0 aliphatic heterocycles. The Kier molecular flexibility index (Phi) is 22.8. The molecule has 0 bridgehead atoms. The van der Waals surface area contributed by atoms with Crippen LogP contribution >= 0.6 is 22.7 Å². The van der Waals surface area contributed by atoms with E-state index in [1.54, 1.807) is 0 Å². The molecule has 0 radical (unpaired) electrons. The zero-order chi connectivity index (χ0) is 57.9. The zero-order valence-corrected chi connectivity index (χ0v) is 53.7. The smallest absolute Gasteiger partial charge is 0.0468 e. The maximum Gasteiger partial charge on any atom is 0.0468 e. The highest BCUT2D eigenvalue weighted by molar-refractivity contribution is 7.24. The van der Waals surface area contributed by atoms with Crippen molar-refractivity contribution in [1.82, 2.24) is 0 Å². The molecule has 0 saturated carbocycles. The molecular weight excluding hydrogens is 1050 g/mol. The molecule has 0 aliphatic carbocycles. The van der Waals surface area contributed by atoms with Crippen molar-refractivity contribution >= 4 is 81.5 Å². The second-order valence-corrected chi connectivity index (χ2v) is 26.7. The zero-order valence-electron chi connectivity index (χ0n) is 52.1. The van der Waals surface area contributed by atoms with Gasteiger partial charge in [0.05, 0.1) is 0 Å². The van der Waals surface area contributed by atoms with Crippen molar-refractivity contribution in [2.45, 2.75) is 214 Å². The highest BCUT2D eigenvalue weighted by Crippen LogP contribution is 2.50. The molecule has 438 valence electrons. The number of hydrogen-bond acceptors (Lipinski definition) is 3. The van der Waals surface area contributed by atoms with E-state index in [0.717, 1.165) is 29.9 Å². The Balaban J connectivity index is 1.06. The van der Waals surface area contributed by atoms with Crippen LogP contribution in [-0.4, -0.2) is 0 Å². The molecule has 2 heterocycles. The van der Waals surface area contributed by atoms with Crippen LogP contribution < -0.4 is 4.90 Å². The average molecular weight is 1150 g/mol. The van der Waals surface area contributed by atoms with Crippen LogP contribution in [0.5, 0.6) is 0 Å². The molecular formula is C81H97NS2. The van der Waals surface area contributed by atoms with Crippen LogP contribution in [0.25, 0.3) is 74.4 Å². The number of anilines is 3. The first-order chi connectivity index (χ1) is 41.4. The van der Waals surface area contributed by atoms with E-state index in [4.69, 9.17) is 0 Å². The second kappa shape index (κ2) is 31.4. The number of hydrogen-bond donors (Lipinski definition) is 0. The summed E-state index contributed by atoms with van der Waals surface area (Å²) in [5.74, 6) is 0. The van der Waals surface area contributed by atoms with Crippen LogP contribution in [0.1, 0.15) is 210 Å². The van der Waals surface area contributed by atoms with Crippen molar-refractivity contribution in [2.24, 2.45) is 0 Å². The van der Waals surface area contributed by atoms with Gasteiger partial charge in [-0.2, -0.15) is 0 Å². The predicted molar refractivity (Wildman–Crippen MR) is 376 cm³/mol. The van der Waals surface area contributed by atoms with Crippen LogP contribution in [0.2, 0.25) is 0 Å². The average Bonchev–Trinajstić information content (AvgIpc) is 3.15. The van der Waals surface area contributed by atoms with Crippen molar-refractivity contribution in [3.63, 3.8) is 0 Å². The number of nitrogens with zero attached hydrogens (tertiary/aromatic N) is 1. The maximum atomic E-state index is 2.59. The first-order valence-corrected chi connectivity index (χ1v) is 35.2. The third-order valence-corrected chi connectivity index (χ3v) is 20.4. The quantitative estimate of drug-likeness (QED) is 0.0363. The molecule has 0 spiro atoms. The molecule has 10 aromatic rings. The van der Waals surface area contributed by atoms with E-state index in [1.807, 2.05) is 22.7 Å². The van der Waals surface area contributed by atoms with E-state index in [2.05, 4.69) is 197 Å². The Hall–Kier alpha value is -6.00. The van der Waals surface area contributed by atoms with Crippen molar-refractivity contribution < 1.29 is 0 Å². The number of rotatable bonds is 34. The van der Waals surface area contributed by atoms with E-state index in [1.165, 1.54) is 269 Å². The monoisotopic (exact) mass is 1150 g/mol. The van der Waals surface area contributed by atoms with E-state index < -0.39 is 0 Å². The molecule has 84 heavy (non-hydrogen) atoms. The van der Waals surface area contributed by atoms with Crippen molar-refractivity contribution in [2.75, 3.05) is 4.90 Å². The molecule has 0 fully saturated rings. The Morgan fingerprint density at radius 3 is 1.29 bits per heavy atom. The van der Waals surface area contributed by atoms with Crippen molar-refractivity contribution in [3.05, 3.63) is 185 Å². The summed E-state index contributed by atoms with van der Waals surface area (Å²) in [6.07, 6.45) is 36.5. The van der Waals surface area contributed by atoms with Gasteiger partial charge in [0, 0.05) is 64.0 Å². The number of benzene rings is 8. The van der Waals surface area contributed by atoms with Gasteiger partial charge in [-0.3, -0.25) is 0 Å². The van der Waals surface area contributed by atoms with Crippen molar-refractivity contribution in [3.8, 4) is 32.7 Å². The summed E-state index contributed by atoms with van der Waals surface area (Å²) in [7, 11) is 0. The minimum absolute atomic E-state index is 1.14. The minimum Gasteiger partial charge on any atom is -0.310 e. The lowest BCUT2D eigenvalue weighted by Crippen LogP contribution is -2.09. The summed E-state index contributed by atoms with van der Waals surface area (Å²) in [6, 6.07) is 59.6. The van der Waals surface area contributed by atoms with Gasteiger partial charge in [0.2, 0.25) is 0 Å². The lowest BCUT2D eigenvalue weighted by Gasteiger charge is -2.26. The largest absolute Gasteiger partial charge is 0.310 e. The lowest BCUT2D eigenvalue weighted by atomic mass is 9.91. The molecule has 0 saturated heterocycles. The Morgan fingerprint density at radius 1 is 0.333 bits per heavy atom. The van der Waals surface area contributed by atoms with E-state index in [-0.39, 0.29) is 0 Å². The lowest BCUT2D eigenvalue weighted by molar-refractivity contribution is 0.605. The number of fused-ring (bicyclic) bond motifs is 6. The molecule has 1 nitrogen and oxygen atoms in total. The second-order valence-electron chi connectivity index (χ2n) is 24.8. The Labute approximate surface area is 515 Å². The standard InChI is InChI=1S/C81H97NS2/c1-6-10-14-18-22-26-32-61-52-62(33-27-23-19-15-11-7-2)55-68(54-61)77-59-83-80-73-50-51-76-78(69-56-63(34-28-24-20-16-12-8-3)53-64(57-69)35-29-25-21-17-13-9-4)79(84-81(76)74(73)48-49-75(77)80)66-41-45-71(46-42-66)82(70-43-38-60(5)39-44-70)72-47-40-65-36-30-31-37-67(65)58-72/h30-31,36-59H,6-29,32-35H2,1-5H3. The number of unbranched alkanes of at least 4 members (excludes halogenated alkanes) is 20. The highest BCUT2D eigenvalue weighted by Gasteiger charge is 2.22. The summed E-state index contributed by atoms with van der Waals surface area (Å²) in [6.45, 7) is 11.5. The fraction of sp³-hybridized carbons (Fsp3) is 0.407. The Bertz CT molecular complexity index is 3580. The first-order valence-electron chi connectivity index (χ1n) is 33.5. The van der Waals surface area contributed by atoms with Crippen LogP contribution in [0, 0.1) is 6.92 Å². The van der Waals surface area contributed by atoms with Gasteiger partial charge in [0.15, 0.2) is 0 Å². The first kappa shape index (κ1) is 61.1. The molecule has 3 heteroatoms. The van der Waals surface area contributed by atoms with Gasteiger partial charge in [-0.05, 0) is 150 Å². The molecule has 2 aromatic heterocycles. The summed E-state index contributed by atoms with van der Waals surface area (Å²) < 4.78 is 2.81. The maximum absolute atomic E-state index is 2.59. The Morgan fingerprint density at radius 2 is 0.762 bits per heavy atom. The normalized spacial score (nSPS) is 11.8. The third kappa shape index (κ3) is 15.7. The molecule has 0 atom stereocenters. The summed E-state index contributed by atoms with van der Waals surface area (Å²) in [4.78, 5) is 3.80. The van der Waals surface area contributed by atoms with Gasteiger partial charge in [0.25, 0.3) is 0 Å². The van der Waals surface area contributed by atoms with Gasteiger partial charge in [0.1, 0.15) is 0 Å². The van der Waals surface area contributed by atoms with E-state index in [9.17, 15) is 0 Å². The van der Waals surface area contributed by atoms with Gasteiger partial charge >= 0.3 is 0 Å². The molecule has 8 aromatic carbocycles. The highest BCUT2D eigenvalue weighted by atomic mass is 32.1.